The number of hydrogen-bond donors (Lipinski definition) is 2. The molecule has 1 fully saturated rings. The third kappa shape index (κ3) is 6.28. The molecule has 134 valence electrons. The third-order valence-electron chi connectivity index (χ3n) is 3.88. The number of carbonyl (C=O) groups excluding carboxylic acids is 1. The molecule has 0 atom stereocenters. The van der Waals surface area contributed by atoms with Crippen molar-refractivity contribution in [2.75, 3.05) is 59.6 Å². The fourth-order valence-electron chi connectivity index (χ4n) is 2.58. The van der Waals surface area contributed by atoms with Crippen LogP contribution in [0.3, 0.4) is 0 Å². The molecule has 0 saturated carbocycles. The lowest BCUT2D eigenvalue weighted by atomic mass is 10.2. The first-order valence-electron chi connectivity index (χ1n) is 8.33. The molecule has 0 aromatic heterocycles. The summed E-state index contributed by atoms with van der Waals surface area (Å²) >= 11 is 6.01. The van der Waals surface area contributed by atoms with Gasteiger partial charge < -0.3 is 25.0 Å². The molecular formula is C17H26ClN3O3. The van der Waals surface area contributed by atoms with Crippen molar-refractivity contribution in [2.45, 2.75) is 6.42 Å². The van der Waals surface area contributed by atoms with Crippen LogP contribution in [0.5, 0.6) is 5.75 Å². The van der Waals surface area contributed by atoms with E-state index in [-0.39, 0.29) is 5.91 Å². The molecule has 2 N–H and O–H groups in total. The van der Waals surface area contributed by atoms with Crippen LogP contribution >= 0.6 is 11.6 Å². The van der Waals surface area contributed by atoms with Crippen molar-refractivity contribution >= 4 is 17.5 Å². The Morgan fingerprint density at radius 3 is 2.88 bits per heavy atom. The van der Waals surface area contributed by atoms with Crippen LogP contribution in [0.4, 0.5) is 0 Å². The maximum atomic E-state index is 12.4. The second-order valence-corrected chi connectivity index (χ2v) is 6.12. The summed E-state index contributed by atoms with van der Waals surface area (Å²) in [5.74, 6) is 0.362. The van der Waals surface area contributed by atoms with E-state index >= 15 is 0 Å². The fraction of sp³-hybridized carbons (Fsp3) is 0.588. The molecule has 0 spiro atoms. The van der Waals surface area contributed by atoms with Crippen molar-refractivity contribution in [1.29, 1.82) is 0 Å². The zero-order valence-electron chi connectivity index (χ0n) is 14.1. The molecule has 1 amide bonds. The molecule has 0 aliphatic carbocycles. The largest absolute Gasteiger partial charge is 0.490 e. The molecule has 1 aromatic carbocycles. The summed E-state index contributed by atoms with van der Waals surface area (Å²) in [7, 11) is 1.61. The van der Waals surface area contributed by atoms with Gasteiger partial charge in [0, 0.05) is 44.9 Å². The first-order valence-corrected chi connectivity index (χ1v) is 8.71. The van der Waals surface area contributed by atoms with Crippen LogP contribution in [-0.2, 0) is 4.74 Å². The minimum Gasteiger partial charge on any atom is -0.490 e. The van der Waals surface area contributed by atoms with E-state index in [1.54, 1.807) is 25.3 Å². The molecule has 1 aliphatic heterocycles. The summed E-state index contributed by atoms with van der Waals surface area (Å²) in [6, 6.07) is 5.06. The second kappa shape index (κ2) is 10.5. The van der Waals surface area contributed by atoms with Crippen molar-refractivity contribution < 1.29 is 14.3 Å². The highest BCUT2D eigenvalue weighted by Gasteiger charge is 2.14. The molecule has 1 saturated heterocycles. The quantitative estimate of drug-likeness (QED) is 0.655. The Labute approximate surface area is 148 Å². The van der Waals surface area contributed by atoms with Crippen molar-refractivity contribution in [3.8, 4) is 5.75 Å². The van der Waals surface area contributed by atoms with Gasteiger partial charge in [0.15, 0.2) is 0 Å². The van der Waals surface area contributed by atoms with Gasteiger partial charge in [0.25, 0.3) is 5.91 Å². The third-order valence-corrected chi connectivity index (χ3v) is 4.11. The van der Waals surface area contributed by atoms with E-state index in [2.05, 4.69) is 15.5 Å². The summed E-state index contributed by atoms with van der Waals surface area (Å²) in [5, 5.41) is 6.79. The number of carbonyl (C=O) groups is 1. The molecule has 1 aromatic rings. The molecule has 7 heteroatoms. The standard InChI is InChI=1S/C17H26ClN3O3/c1-23-11-12-24-16-4-3-14(18)13-15(16)17(22)20-5-2-8-21-9-6-19-7-10-21/h3-4,13,19H,2,5-12H2,1H3,(H,20,22). The zero-order valence-corrected chi connectivity index (χ0v) is 14.9. The summed E-state index contributed by atoms with van der Waals surface area (Å²) in [6.45, 7) is 6.70. The molecule has 6 nitrogen and oxygen atoms in total. The predicted octanol–water partition coefficient (Wildman–Crippen LogP) is 1.39. The van der Waals surface area contributed by atoms with Crippen LogP contribution in [-0.4, -0.2) is 70.4 Å². The Morgan fingerprint density at radius 2 is 2.12 bits per heavy atom. The van der Waals surface area contributed by atoms with Gasteiger partial charge in [-0.05, 0) is 31.2 Å². The zero-order chi connectivity index (χ0) is 17.2. The highest BCUT2D eigenvalue weighted by molar-refractivity contribution is 6.31. The topological polar surface area (TPSA) is 62.8 Å². The molecule has 0 unspecified atom stereocenters. The molecule has 0 bridgehead atoms. The maximum Gasteiger partial charge on any atom is 0.255 e. The van der Waals surface area contributed by atoms with Crippen LogP contribution in [0.25, 0.3) is 0 Å². The van der Waals surface area contributed by atoms with E-state index in [1.807, 2.05) is 0 Å². The number of halogens is 1. The van der Waals surface area contributed by atoms with Gasteiger partial charge in [-0.15, -0.1) is 0 Å². The van der Waals surface area contributed by atoms with Crippen molar-refractivity contribution in [1.82, 2.24) is 15.5 Å². The van der Waals surface area contributed by atoms with E-state index in [0.717, 1.165) is 39.1 Å². The van der Waals surface area contributed by atoms with Gasteiger partial charge in [0.2, 0.25) is 0 Å². The SMILES string of the molecule is COCCOc1ccc(Cl)cc1C(=O)NCCCN1CCNCC1. The van der Waals surface area contributed by atoms with E-state index in [4.69, 9.17) is 21.1 Å². The smallest absolute Gasteiger partial charge is 0.255 e. The van der Waals surface area contributed by atoms with Gasteiger partial charge in [0.1, 0.15) is 12.4 Å². The van der Waals surface area contributed by atoms with Crippen LogP contribution in [0.1, 0.15) is 16.8 Å². The van der Waals surface area contributed by atoms with Crippen LogP contribution in [0, 0.1) is 0 Å². The maximum absolute atomic E-state index is 12.4. The normalized spacial score (nSPS) is 15.2. The Bertz CT molecular complexity index is 522. The first-order chi connectivity index (χ1) is 11.7. The van der Waals surface area contributed by atoms with E-state index in [9.17, 15) is 4.79 Å². The number of hydrogen-bond acceptors (Lipinski definition) is 5. The predicted molar refractivity (Wildman–Crippen MR) is 95.1 cm³/mol. The number of methoxy groups -OCH3 is 1. The number of ether oxygens (including phenoxy) is 2. The summed E-state index contributed by atoms with van der Waals surface area (Å²) < 4.78 is 10.6. The molecule has 2 rings (SSSR count). The highest BCUT2D eigenvalue weighted by atomic mass is 35.5. The summed E-state index contributed by atoms with van der Waals surface area (Å²) in [6.07, 6.45) is 0.923. The van der Waals surface area contributed by atoms with Crippen LogP contribution in [0.15, 0.2) is 18.2 Å². The van der Waals surface area contributed by atoms with Gasteiger partial charge in [-0.1, -0.05) is 11.6 Å². The summed E-state index contributed by atoms with van der Waals surface area (Å²) in [5.41, 5.74) is 0.459. The van der Waals surface area contributed by atoms with Gasteiger partial charge in [0.05, 0.1) is 12.2 Å². The number of rotatable bonds is 9. The Balaban J connectivity index is 1.80. The molecular weight excluding hydrogens is 330 g/mol. The second-order valence-electron chi connectivity index (χ2n) is 5.68. The Kier molecular flexibility index (Phi) is 8.32. The van der Waals surface area contributed by atoms with Gasteiger partial charge in [-0.2, -0.15) is 0 Å². The van der Waals surface area contributed by atoms with Crippen LogP contribution in [0.2, 0.25) is 5.02 Å². The minimum atomic E-state index is -0.162. The lowest BCUT2D eigenvalue weighted by Gasteiger charge is -2.27. The average Bonchev–Trinajstić information content (AvgIpc) is 2.61. The molecule has 0 radical (unpaired) electrons. The number of amides is 1. The Morgan fingerprint density at radius 1 is 1.33 bits per heavy atom. The Hall–Kier alpha value is -1.34. The monoisotopic (exact) mass is 355 g/mol. The number of nitrogens with one attached hydrogen (secondary N) is 2. The van der Waals surface area contributed by atoms with Crippen LogP contribution < -0.4 is 15.4 Å². The number of piperazine rings is 1. The van der Waals surface area contributed by atoms with E-state index in [0.29, 0.717) is 36.1 Å². The lowest BCUT2D eigenvalue weighted by Crippen LogP contribution is -2.44. The lowest BCUT2D eigenvalue weighted by molar-refractivity contribution is 0.0943. The number of benzene rings is 1. The van der Waals surface area contributed by atoms with E-state index in [1.165, 1.54) is 0 Å². The highest BCUT2D eigenvalue weighted by Crippen LogP contribution is 2.23. The van der Waals surface area contributed by atoms with Crippen molar-refractivity contribution in [2.24, 2.45) is 0 Å². The van der Waals surface area contributed by atoms with Gasteiger partial charge in [-0.3, -0.25) is 4.79 Å². The van der Waals surface area contributed by atoms with Crippen molar-refractivity contribution in [3.63, 3.8) is 0 Å². The van der Waals surface area contributed by atoms with Gasteiger partial charge >= 0.3 is 0 Å². The number of nitrogens with zero attached hydrogens (tertiary/aromatic N) is 1. The fourth-order valence-corrected chi connectivity index (χ4v) is 2.75. The summed E-state index contributed by atoms with van der Waals surface area (Å²) in [4.78, 5) is 14.8. The van der Waals surface area contributed by atoms with E-state index < -0.39 is 0 Å². The average molecular weight is 356 g/mol. The first kappa shape index (κ1) is 19.0. The van der Waals surface area contributed by atoms with Crippen molar-refractivity contribution in [3.05, 3.63) is 28.8 Å². The molecule has 24 heavy (non-hydrogen) atoms. The minimum absolute atomic E-state index is 0.162. The molecule has 1 heterocycles. The molecule has 1 aliphatic rings. The van der Waals surface area contributed by atoms with Gasteiger partial charge in [-0.25, -0.2) is 0 Å².